The first-order valence-corrected chi connectivity index (χ1v) is 10.0. The molecule has 0 unspecified atom stereocenters. The Balaban J connectivity index is 1.67. The van der Waals surface area contributed by atoms with E-state index in [1.54, 1.807) is 10.4 Å². The maximum atomic E-state index is 12.5. The van der Waals surface area contributed by atoms with Gasteiger partial charge in [0, 0.05) is 37.3 Å². The summed E-state index contributed by atoms with van der Waals surface area (Å²) in [4.78, 5) is 2.27. The molecule has 2 aromatic rings. The number of aryl methyl sites for hydroxylation is 1. The fraction of sp³-hybridized carbons (Fsp3) is 0.300. The molecule has 1 heterocycles. The minimum Gasteiger partial charge on any atom is -0.369 e. The third-order valence-corrected chi connectivity index (χ3v) is 6.31. The molecule has 1 aliphatic rings. The predicted octanol–water partition coefficient (Wildman–Crippen LogP) is 3.43. The van der Waals surface area contributed by atoms with Crippen LogP contribution >= 0.6 is 0 Å². The van der Waals surface area contributed by atoms with Gasteiger partial charge in [0.15, 0.2) is 0 Å². The van der Waals surface area contributed by atoms with Crippen molar-refractivity contribution in [2.24, 2.45) is 0 Å². The maximum absolute atomic E-state index is 12.5. The van der Waals surface area contributed by atoms with Crippen LogP contribution in [-0.2, 0) is 10.0 Å². The van der Waals surface area contributed by atoms with Crippen LogP contribution in [0.2, 0.25) is 0 Å². The number of hydrogen-bond donors (Lipinski definition) is 0. The van der Waals surface area contributed by atoms with Crippen molar-refractivity contribution >= 4 is 21.8 Å². The van der Waals surface area contributed by atoms with Crippen LogP contribution in [0.4, 0.5) is 5.69 Å². The zero-order valence-electron chi connectivity index (χ0n) is 14.7. The second kappa shape index (κ2) is 7.42. The van der Waals surface area contributed by atoms with Gasteiger partial charge in [-0.1, -0.05) is 42.5 Å². The maximum Gasteiger partial charge on any atom is 0.236 e. The number of rotatable bonds is 4. The summed E-state index contributed by atoms with van der Waals surface area (Å²) in [6.45, 7) is 6.67. The van der Waals surface area contributed by atoms with Crippen molar-refractivity contribution in [1.82, 2.24) is 4.31 Å². The second-order valence-electron chi connectivity index (χ2n) is 6.36. The standard InChI is InChI=1S/C20H24N2O2S/c1-17-7-6-10-20(18(17)2)21-12-14-22(15-13-21)25(23,24)16-11-19-8-4-3-5-9-19/h3-11,16H,12-15H2,1-2H3/b16-11+. The molecule has 1 saturated heterocycles. The summed E-state index contributed by atoms with van der Waals surface area (Å²) in [7, 11) is -3.38. The molecule has 0 aliphatic carbocycles. The molecule has 1 fully saturated rings. The van der Waals surface area contributed by atoms with Crippen molar-refractivity contribution in [1.29, 1.82) is 0 Å². The van der Waals surface area contributed by atoms with Gasteiger partial charge in [0.05, 0.1) is 0 Å². The molecule has 0 spiro atoms. The van der Waals surface area contributed by atoms with Crippen LogP contribution in [-0.4, -0.2) is 38.9 Å². The van der Waals surface area contributed by atoms with E-state index in [4.69, 9.17) is 0 Å². The highest BCUT2D eigenvalue weighted by molar-refractivity contribution is 7.92. The SMILES string of the molecule is Cc1cccc(N2CCN(S(=O)(=O)/C=C/c3ccccc3)CC2)c1C. The average molecular weight is 356 g/mol. The predicted molar refractivity (Wildman–Crippen MR) is 104 cm³/mol. The minimum atomic E-state index is -3.38. The van der Waals surface area contributed by atoms with Gasteiger partial charge in [-0.25, -0.2) is 8.42 Å². The van der Waals surface area contributed by atoms with Crippen LogP contribution in [0, 0.1) is 13.8 Å². The lowest BCUT2D eigenvalue weighted by Gasteiger charge is -2.35. The van der Waals surface area contributed by atoms with E-state index in [2.05, 4.69) is 36.9 Å². The summed E-state index contributed by atoms with van der Waals surface area (Å²) in [5.41, 5.74) is 4.62. The Morgan fingerprint density at radius 2 is 1.56 bits per heavy atom. The van der Waals surface area contributed by atoms with Crippen LogP contribution in [0.25, 0.3) is 6.08 Å². The van der Waals surface area contributed by atoms with E-state index in [1.807, 2.05) is 30.3 Å². The van der Waals surface area contributed by atoms with Gasteiger partial charge in [0.1, 0.15) is 0 Å². The molecule has 0 amide bonds. The molecule has 1 aliphatic heterocycles. The topological polar surface area (TPSA) is 40.6 Å². The summed E-state index contributed by atoms with van der Waals surface area (Å²) in [5.74, 6) is 0. The van der Waals surface area contributed by atoms with E-state index in [1.165, 1.54) is 22.2 Å². The highest BCUT2D eigenvalue weighted by Gasteiger charge is 2.25. The number of anilines is 1. The number of nitrogens with zero attached hydrogens (tertiary/aromatic N) is 2. The second-order valence-corrected chi connectivity index (χ2v) is 8.18. The van der Waals surface area contributed by atoms with E-state index >= 15 is 0 Å². The molecule has 0 radical (unpaired) electrons. The number of sulfonamides is 1. The smallest absolute Gasteiger partial charge is 0.236 e. The van der Waals surface area contributed by atoms with Gasteiger partial charge >= 0.3 is 0 Å². The van der Waals surface area contributed by atoms with Crippen molar-refractivity contribution in [3.05, 3.63) is 70.6 Å². The van der Waals surface area contributed by atoms with Crippen molar-refractivity contribution in [3.63, 3.8) is 0 Å². The Morgan fingerprint density at radius 1 is 0.880 bits per heavy atom. The van der Waals surface area contributed by atoms with E-state index in [0.717, 1.165) is 5.56 Å². The Bertz CT molecular complexity index is 853. The first kappa shape index (κ1) is 17.7. The largest absolute Gasteiger partial charge is 0.369 e. The molecule has 3 rings (SSSR count). The summed E-state index contributed by atoms with van der Waals surface area (Å²) in [6.07, 6.45) is 1.66. The van der Waals surface area contributed by atoms with Gasteiger partial charge < -0.3 is 4.90 Å². The Kier molecular flexibility index (Phi) is 5.25. The molecular formula is C20H24N2O2S. The highest BCUT2D eigenvalue weighted by atomic mass is 32.2. The fourth-order valence-electron chi connectivity index (χ4n) is 3.08. The van der Waals surface area contributed by atoms with E-state index in [-0.39, 0.29) is 0 Å². The van der Waals surface area contributed by atoms with Crippen molar-refractivity contribution in [2.75, 3.05) is 31.1 Å². The molecule has 2 aromatic carbocycles. The Morgan fingerprint density at radius 3 is 2.24 bits per heavy atom. The van der Waals surface area contributed by atoms with Crippen LogP contribution in [0.5, 0.6) is 0 Å². The molecule has 0 saturated carbocycles. The highest BCUT2D eigenvalue weighted by Crippen LogP contribution is 2.24. The third-order valence-electron chi connectivity index (χ3n) is 4.75. The molecule has 132 valence electrons. The summed E-state index contributed by atoms with van der Waals surface area (Å²) >= 11 is 0. The molecule has 25 heavy (non-hydrogen) atoms. The quantitative estimate of drug-likeness (QED) is 0.843. The molecule has 4 nitrogen and oxygen atoms in total. The number of piperazine rings is 1. The van der Waals surface area contributed by atoms with E-state index in [9.17, 15) is 8.42 Å². The summed E-state index contributed by atoms with van der Waals surface area (Å²) in [5, 5.41) is 1.32. The minimum absolute atomic E-state index is 0.509. The molecule has 0 aromatic heterocycles. The molecule has 5 heteroatoms. The lowest BCUT2D eigenvalue weighted by Crippen LogP contribution is -2.48. The summed E-state index contributed by atoms with van der Waals surface area (Å²) < 4.78 is 26.7. The first-order chi connectivity index (χ1) is 12.0. The van der Waals surface area contributed by atoms with Gasteiger partial charge in [-0.3, -0.25) is 0 Å². The fourth-order valence-corrected chi connectivity index (χ4v) is 4.25. The van der Waals surface area contributed by atoms with E-state index in [0.29, 0.717) is 26.2 Å². The Hall–Kier alpha value is -2.11. The van der Waals surface area contributed by atoms with Gasteiger partial charge in [0.25, 0.3) is 0 Å². The average Bonchev–Trinajstić information content (AvgIpc) is 2.63. The number of benzene rings is 2. The third kappa shape index (κ3) is 4.11. The van der Waals surface area contributed by atoms with Crippen LogP contribution < -0.4 is 4.90 Å². The van der Waals surface area contributed by atoms with Crippen molar-refractivity contribution in [3.8, 4) is 0 Å². The lowest BCUT2D eigenvalue weighted by molar-refractivity contribution is 0.390. The molecule has 0 bridgehead atoms. The van der Waals surface area contributed by atoms with E-state index < -0.39 is 10.0 Å². The normalized spacial score (nSPS) is 16.5. The first-order valence-electron chi connectivity index (χ1n) is 8.52. The van der Waals surface area contributed by atoms with Gasteiger partial charge in [0.2, 0.25) is 10.0 Å². The number of hydrogen-bond acceptors (Lipinski definition) is 3. The Labute approximate surface area is 150 Å². The zero-order chi connectivity index (χ0) is 17.9. The van der Waals surface area contributed by atoms with Gasteiger partial charge in [-0.15, -0.1) is 0 Å². The van der Waals surface area contributed by atoms with Gasteiger partial charge in [-0.05, 0) is 42.7 Å². The molecule has 0 atom stereocenters. The monoisotopic (exact) mass is 356 g/mol. The zero-order valence-corrected chi connectivity index (χ0v) is 15.5. The summed E-state index contributed by atoms with van der Waals surface area (Å²) in [6, 6.07) is 15.8. The van der Waals surface area contributed by atoms with Gasteiger partial charge in [-0.2, -0.15) is 4.31 Å². The van der Waals surface area contributed by atoms with Crippen molar-refractivity contribution in [2.45, 2.75) is 13.8 Å². The molecule has 0 N–H and O–H groups in total. The van der Waals surface area contributed by atoms with Crippen LogP contribution in [0.15, 0.2) is 53.9 Å². The van der Waals surface area contributed by atoms with Crippen LogP contribution in [0.1, 0.15) is 16.7 Å². The molecular weight excluding hydrogens is 332 g/mol. The van der Waals surface area contributed by atoms with Crippen LogP contribution in [0.3, 0.4) is 0 Å². The van der Waals surface area contributed by atoms with Crippen molar-refractivity contribution < 1.29 is 8.42 Å². The lowest BCUT2D eigenvalue weighted by atomic mass is 10.1.